The summed E-state index contributed by atoms with van der Waals surface area (Å²) >= 11 is 0. The lowest BCUT2D eigenvalue weighted by Crippen LogP contribution is -2.26. The summed E-state index contributed by atoms with van der Waals surface area (Å²) in [5, 5.41) is 8.92. The molecule has 108 valence electrons. The number of hydrogen-bond acceptors (Lipinski definition) is 3. The first-order chi connectivity index (χ1) is 9.61. The smallest absolute Gasteiger partial charge is 0.335 e. The first-order valence-electron chi connectivity index (χ1n) is 7.08. The predicted molar refractivity (Wildman–Crippen MR) is 74.5 cm³/mol. The number of aromatic carboxylic acids is 1. The molecule has 0 unspecified atom stereocenters. The summed E-state index contributed by atoms with van der Waals surface area (Å²) in [7, 11) is 0. The fraction of sp³-hybridized carbons (Fsp3) is 0.533. The Morgan fingerprint density at radius 1 is 1.55 bits per heavy atom. The molecule has 5 heteroatoms. The molecule has 20 heavy (non-hydrogen) atoms. The number of pyridine rings is 1. The monoisotopic (exact) mass is 276 g/mol. The molecule has 0 radical (unpaired) electrons. The van der Waals surface area contributed by atoms with Crippen molar-refractivity contribution in [1.82, 2.24) is 9.88 Å². The van der Waals surface area contributed by atoms with E-state index in [1.807, 2.05) is 11.8 Å². The highest BCUT2D eigenvalue weighted by Crippen LogP contribution is 2.23. The zero-order valence-electron chi connectivity index (χ0n) is 11.7. The Hall–Kier alpha value is -1.91. The highest BCUT2D eigenvalue weighted by molar-refractivity contribution is 5.87. The van der Waals surface area contributed by atoms with Crippen molar-refractivity contribution in [2.45, 2.75) is 32.6 Å². The fourth-order valence-electron chi connectivity index (χ4n) is 2.66. The van der Waals surface area contributed by atoms with E-state index >= 15 is 0 Å². The third-order valence-corrected chi connectivity index (χ3v) is 3.84. The van der Waals surface area contributed by atoms with Gasteiger partial charge in [0.05, 0.1) is 5.56 Å². The van der Waals surface area contributed by atoms with Gasteiger partial charge in [-0.25, -0.2) is 4.79 Å². The number of likely N-dealkylation sites (tertiary alicyclic amines) is 1. The third-order valence-electron chi connectivity index (χ3n) is 3.84. The number of carboxylic acids is 1. The molecule has 1 fully saturated rings. The third kappa shape index (κ3) is 3.35. The van der Waals surface area contributed by atoms with Crippen molar-refractivity contribution in [2.24, 2.45) is 5.92 Å². The summed E-state index contributed by atoms with van der Waals surface area (Å²) in [5.41, 5.74) is 1.05. The first kappa shape index (κ1) is 14.5. The molecule has 0 aromatic carbocycles. The van der Waals surface area contributed by atoms with E-state index in [9.17, 15) is 9.59 Å². The van der Waals surface area contributed by atoms with E-state index < -0.39 is 5.97 Å². The maximum Gasteiger partial charge on any atom is 0.335 e. The fourth-order valence-corrected chi connectivity index (χ4v) is 2.66. The summed E-state index contributed by atoms with van der Waals surface area (Å²) in [4.78, 5) is 28.9. The number of aromatic nitrogens is 1. The van der Waals surface area contributed by atoms with Crippen LogP contribution in [0.1, 0.15) is 42.2 Å². The summed E-state index contributed by atoms with van der Waals surface area (Å²) in [6, 6.07) is 3.10. The Kier molecular flexibility index (Phi) is 4.71. The van der Waals surface area contributed by atoms with Gasteiger partial charge >= 0.3 is 5.97 Å². The maximum absolute atomic E-state index is 12.0. The van der Waals surface area contributed by atoms with Crippen molar-refractivity contribution < 1.29 is 14.7 Å². The lowest BCUT2D eigenvalue weighted by Gasteiger charge is -2.13. The van der Waals surface area contributed by atoms with Gasteiger partial charge in [-0.05, 0) is 44.7 Å². The van der Waals surface area contributed by atoms with Gasteiger partial charge in [0.1, 0.15) is 0 Å². The van der Waals surface area contributed by atoms with E-state index in [-0.39, 0.29) is 17.4 Å². The van der Waals surface area contributed by atoms with Crippen LogP contribution in [0.15, 0.2) is 18.3 Å². The topological polar surface area (TPSA) is 70.5 Å². The number of carbonyl (C=O) groups is 2. The number of carboxylic acid groups (broad SMARTS) is 1. The second-order valence-corrected chi connectivity index (χ2v) is 5.14. The SMILES string of the molecule is CCN1CC[C@H](CCCc2cc(C(=O)O)ccn2)C1=O. The number of rotatable bonds is 6. The molecule has 0 spiro atoms. The standard InChI is InChI=1S/C15H20N2O3/c1-2-17-9-7-11(14(17)18)4-3-5-13-10-12(15(19)20)6-8-16-13/h6,8,10-11H,2-5,7,9H2,1H3,(H,19,20)/t11-/m0/s1. The summed E-state index contributed by atoms with van der Waals surface area (Å²) < 4.78 is 0. The lowest BCUT2D eigenvalue weighted by atomic mass is 9.99. The second-order valence-electron chi connectivity index (χ2n) is 5.14. The van der Waals surface area contributed by atoms with Crippen LogP contribution in [-0.2, 0) is 11.2 Å². The van der Waals surface area contributed by atoms with Gasteiger partial charge in [0.2, 0.25) is 5.91 Å². The first-order valence-corrected chi connectivity index (χ1v) is 7.08. The zero-order chi connectivity index (χ0) is 14.5. The minimum Gasteiger partial charge on any atom is -0.478 e. The Morgan fingerprint density at radius 3 is 3.00 bits per heavy atom. The quantitative estimate of drug-likeness (QED) is 0.862. The van der Waals surface area contributed by atoms with E-state index in [2.05, 4.69) is 4.98 Å². The van der Waals surface area contributed by atoms with Crippen LogP contribution in [0.4, 0.5) is 0 Å². The average Bonchev–Trinajstić information content (AvgIpc) is 2.80. The van der Waals surface area contributed by atoms with E-state index in [0.29, 0.717) is 0 Å². The van der Waals surface area contributed by atoms with Gasteiger partial charge in [-0.15, -0.1) is 0 Å². The van der Waals surface area contributed by atoms with Crippen molar-refractivity contribution >= 4 is 11.9 Å². The van der Waals surface area contributed by atoms with Crippen molar-refractivity contribution in [1.29, 1.82) is 0 Å². The minimum atomic E-state index is -0.932. The van der Waals surface area contributed by atoms with E-state index in [1.54, 1.807) is 6.07 Å². The molecular weight excluding hydrogens is 256 g/mol. The summed E-state index contributed by atoms with van der Waals surface area (Å²) in [6.45, 7) is 3.66. The summed E-state index contributed by atoms with van der Waals surface area (Å²) in [5.74, 6) is -0.532. The van der Waals surface area contributed by atoms with Crippen LogP contribution in [0.3, 0.4) is 0 Å². The molecular formula is C15H20N2O3. The molecule has 0 aliphatic carbocycles. The van der Waals surface area contributed by atoms with Crippen LogP contribution in [0.2, 0.25) is 0 Å². The number of carbonyl (C=O) groups excluding carboxylic acids is 1. The van der Waals surface area contributed by atoms with Crippen LogP contribution < -0.4 is 0 Å². The van der Waals surface area contributed by atoms with E-state index in [4.69, 9.17) is 5.11 Å². The van der Waals surface area contributed by atoms with Crippen molar-refractivity contribution in [3.05, 3.63) is 29.6 Å². The lowest BCUT2D eigenvalue weighted by molar-refractivity contribution is -0.130. The van der Waals surface area contributed by atoms with Gasteiger partial charge in [0.25, 0.3) is 0 Å². The molecule has 2 heterocycles. The molecule has 1 amide bonds. The highest BCUT2D eigenvalue weighted by atomic mass is 16.4. The van der Waals surface area contributed by atoms with Crippen molar-refractivity contribution in [3.63, 3.8) is 0 Å². The van der Waals surface area contributed by atoms with Gasteiger partial charge in [-0.3, -0.25) is 9.78 Å². The number of aryl methyl sites for hydroxylation is 1. The van der Waals surface area contributed by atoms with Gasteiger partial charge < -0.3 is 10.0 Å². The molecule has 1 aromatic heterocycles. The van der Waals surface area contributed by atoms with Crippen molar-refractivity contribution in [2.75, 3.05) is 13.1 Å². The largest absolute Gasteiger partial charge is 0.478 e. The Bertz CT molecular complexity index is 502. The Morgan fingerprint density at radius 2 is 2.35 bits per heavy atom. The van der Waals surface area contributed by atoms with E-state index in [1.165, 1.54) is 12.3 Å². The molecule has 1 aliphatic rings. The number of nitrogens with zero attached hydrogens (tertiary/aromatic N) is 2. The molecule has 0 saturated carbocycles. The predicted octanol–water partition coefficient (Wildman–Crippen LogP) is 1.97. The molecule has 1 N–H and O–H groups in total. The highest BCUT2D eigenvalue weighted by Gasteiger charge is 2.29. The number of hydrogen-bond donors (Lipinski definition) is 1. The van der Waals surface area contributed by atoms with Gasteiger partial charge in [-0.2, -0.15) is 0 Å². The van der Waals surface area contributed by atoms with Gasteiger partial charge in [0.15, 0.2) is 0 Å². The minimum absolute atomic E-state index is 0.137. The summed E-state index contributed by atoms with van der Waals surface area (Å²) in [6.07, 6.45) is 4.91. The second kappa shape index (κ2) is 6.50. The molecule has 2 rings (SSSR count). The molecule has 1 aliphatic heterocycles. The Balaban J connectivity index is 1.83. The maximum atomic E-state index is 12.0. The van der Waals surface area contributed by atoms with Crippen LogP contribution in [0, 0.1) is 5.92 Å². The van der Waals surface area contributed by atoms with Crippen molar-refractivity contribution in [3.8, 4) is 0 Å². The van der Waals surface area contributed by atoms with Crippen LogP contribution >= 0.6 is 0 Å². The molecule has 1 aromatic rings. The average molecular weight is 276 g/mol. The van der Waals surface area contributed by atoms with Crippen LogP contribution in [0.25, 0.3) is 0 Å². The molecule has 1 atom stereocenters. The Labute approximate surface area is 118 Å². The van der Waals surface area contributed by atoms with Crippen LogP contribution in [0.5, 0.6) is 0 Å². The normalized spacial score (nSPS) is 18.6. The zero-order valence-corrected chi connectivity index (χ0v) is 11.7. The number of amides is 1. The molecule has 1 saturated heterocycles. The van der Waals surface area contributed by atoms with Gasteiger partial charge in [-0.1, -0.05) is 0 Å². The van der Waals surface area contributed by atoms with Gasteiger partial charge in [0, 0.05) is 30.9 Å². The van der Waals surface area contributed by atoms with Crippen LogP contribution in [-0.4, -0.2) is 40.0 Å². The molecule has 0 bridgehead atoms. The van der Waals surface area contributed by atoms with E-state index in [0.717, 1.165) is 44.5 Å². The molecule has 5 nitrogen and oxygen atoms in total.